The van der Waals surface area contributed by atoms with E-state index in [2.05, 4.69) is 0 Å². The molecule has 2 saturated carbocycles. The molecule has 2 aliphatic carbocycles. The van der Waals surface area contributed by atoms with E-state index in [-0.39, 0.29) is 37.4 Å². The van der Waals surface area contributed by atoms with Crippen LogP contribution in [-0.2, 0) is 4.43 Å². The van der Waals surface area contributed by atoms with Gasteiger partial charge in [0.15, 0.2) is 0 Å². The zero-order valence-electron chi connectivity index (χ0n) is 16.0. The molecule has 0 atom stereocenters. The van der Waals surface area contributed by atoms with Crippen molar-refractivity contribution in [1.82, 2.24) is 0 Å². The van der Waals surface area contributed by atoms with E-state index in [9.17, 15) is 22.0 Å². The molecule has 0 aromatic carbocycles. The van der Waals surface area contributed by atoms with Crippen LogP contribution < -0.4 is 0 Å². The summed E-state index contributed by atoms with van der Waals surface area (Å²) in [7, 11) is -2.23. The quantitative estimate of drug-likeness (QED) is 0.234. The molecule has 2 aliphatic rings. The second-order valence-electron chi connectivity index (χ2n) is 8.03. The summed E-state index contributed by atoms with van der Waals surface area (Å²) < 4.78 is 73.9. The normalized spacial score (nSPS) is 23.8. The van der Waals surface area contributed by atoms with Gasteiger partial charge in [0.05, 0.1) is 5.76 Å². The van der Waals surface area contributed by atoms with Crippen molar-refractivity contribution in [2.45, 2.75) is 95.9 Å². The van der Waals surface area contributed by atoms with Crippen LogP contribution in [0.5, 0.6) is 0 Å². The zero-order valence-corrected chi connectivity index (χ0v) is 17.0. The lowest BCUT2D eigenvalue weighted by molar-refractivity contribution is -0.182. The Balaban J connectivity index is 2.19. The zero-order chi connectivity index (χ0) is 19.6. The average Bonchev–Trinajstić information content (AvgIpc) is 3.39. The van der Waals surface area contributed by atoms with E-state index in [1.165, 1.54) is 0 Å². The number of allylic oxidation sites excluding steroid dienone is 2. The minimum Gasteiger partial charge on any atom is -0.546 e. The molecule has 0 heterocycles. The Morgan fingerprint density at radius 2 is 1.50 bits per heavy atom. The minimum absolute atomic E-state index is 0.0261. The summed E-state index contributed by atoms with van der Waals surface area (Å²) in [4.78, 5) is 0. The standard InChI is InChI=1S/C19H31F5OSi/c1-4-26(5-2,6-3)25-16(17(13-14-17)19(22,23)24)8-7-15-9-11-18(20,21)12-10-15/h8,15H,4-7,9-14H2,1-3H3. The van der Waals surface area contributed by atoms with E-state index in [0.29, 0.717) is 19.3 Å². The molecular formula is C19H31F5OSi. The van der Waals surface area contributed by atoms with Crippen LogP contribution in [0.3, 0.4) is 0 Å². The molecule has 0 radical (unpaired) electrons. The van der Waals surface area contributed by atoms with Crippen LogP contribution in [0.1, 0.15) is 65.7 Å². The molecule has 0 aromatic rings. The molecule has 0 unspecified atom stereocenters. The van der Waals surface area contributed by atoms with Crippen LogP contribution in [0.25, 0.3) is 0 Å². The third-order valence-electron chi connectivity index (χ3n) is 6.50. The molecule has 0 spiro atoms. The number of hydrogen-bond acceptors (Lipinski definition) is 1. The van der Waals surface area contributed by atoms with Gasteiger partial charge in [-0.25, -0.2) is 8.78 Å². The largest absolute Gasteiger partial charge is 0.546 e. The lowest BCUT2D eigenvalue weighted by atomic mass is 9.84. The van der Waals surface area contributed by atoms with Gasteiger partial charge in [-0.3, -0.25) is 0 Å². The molecule has 0 aliphatic heterocycles. The number of rotatable bonds is 8. The van der Waals surface area contributed by atoms with Crippen molar-refractivity contribution in [3.8, 4) is 0 Å². The lowest BCUT2D eigenvalue weighted by Gasteiger charge is -2.35. The fourth-order valence-corrected chi connectivity index (χ4v) is 6.62. The Kier molecular flexibility index (Phi) is 6.51. The molecule has 2 fully saturated rings. The van der Waals surface area contributed by atoms with Gasteiger partial charge in [0.1, 0.15) is 5.41 Å². The van der Waals surface area contributed by atoms with Gasteiger partial charge in [0, 0.05) is 12.8 Å². The van der Waals surface area contributed by atoms with Crippen molar-refractivity contribution in [1.29, 1.82) is 0 Å². The van der Waals surface area contributed by atoms with E-state index in [0.717, 1.165) is 18.1 Å². The fraction of sp³-hybridized carbons (Fsp3) is 0.895. The summed E-state index contributed by atoms with van der Waals surface area (Å²) in [5.74, 6) is -2.49. The third kappa shape index (κ3) is 4.63. The molecule has 0 aromatic heterocycles. The summed E-state index contributed by atoms with van der Waals surface area (Å²) in [5.41, 5.74) is -1.83. The second-order valence-corrected chi connectivity index (χ2v) is 12.7. The van der Waals surface area contributed by atoms with Gasteiger partial charge in [-0.15, -0.1) is 0 Å². The highest BCUT2D eigenvalue weighted by atomic mass is 28.4. The lowest BCUT2D eigenvalue weighted by Crippen LogP contribution is -2.39. The maximum Gasteiger partial charge on any atom is 0.401 e. The number of halogens is 5. The first kappa shape index (κ1) is 21.7. The molecule has 7 heteroatoms. The smallest absolute Gasteiger partial charge is 0.401 e. The van der Waals surface area contributed by atoms with Crippen LogP contribution in [0.4, 0.5) is 22.0 Å². The predicted molar refractivity (Wildman–Crippen MR) is 95.6 cm³/mol. The highest BCUT2D eigenvalue weighted by Gasteiger charge is 2.67. The predicted octanol–water partition coefficient (Wildman–Crippen LogP) is 7.45. The third-order valence-corrected chi connectivity index (χ3v) is 11.0. The summed E-state index contributed by atoms with van der Waals surface area (Å²) in [6, 6.07) is 2.34. The van der Waals surface area contributed by atoms with Crippen molar-refractivity contribution < 1.29 is 26.4 Å². The van der Waals surface area contributed by atoms with Gasteiger partial charge in [-0.1, -0.05) is 20.8 Å². The van der Waals surface area contributed by atoms with Gasteiger partial charge in [-0.05, 0) is 62.2 Å². The Bertz CT molecular complexity index is 488. The van der Waals surface area contributed by atoms with Crippen LogP contribution in [-0.4, -0.2) is 20.4 Å². The van der Waals surface area contributed by atoms with Crippen molar-refractivity contribution in [3.63, 3.8) is 0 Å². The first-order valence-electron chi connectivity index (χ1n) is 9.87. The van der Waals surface area contributed by atoms with Gasteiger partial charge in [0.25, 0.3) is 0 Å². The fourth-order valence-electron chi connectivity index (χ4n) is 3.94. The molecule has 2 rings (SSSR count). The molecule has 152 valence electrons. The van der Waals surface area contributed by atoms with Gasteiger partial charge >= 0.3 is 6.18 Å². The van der Waals surface area contributed by atoms with Crippen molar-refractivity contribution in [2.75, 3.05) is 0 Å². The van der Waals surface area contributed by atoms with E-state index in [1.54, 1.807) is 6.08 Å². The first-order chi connectivity index (χ1) is 12.0. The molecule has 1 nitrogen and oxygen atoms in total. The Morgan fingerprint density at radius 1 is 1.00 bits per heavy atom. The van der Waals surface area contributed by atoms with E-state index >= 15 is 0 Å². The summed E-state index contributed by atoms with van der Waals surface area (Å²) in [5, 5.41) is 0. The van der Waals surface area contributed by atoms with Crippen LogP contribution in [0, 0.1) is 11.3 Å². The molecule has 0 saturated heterocycles. The summed E-state index contributed by atoms with van der Waals surface area (Å²) in [6.07, 6.45) is -1.73. The van der Waals surface area contributed by atoms with Crippen LogP contribution >= 0.6 is 0 Å². The van der Waals surface area contributed by atoms with E-state index < -0.39 is 25.8 Å². The van der Waals surface area contributed by atoms with Crippen LogP contribution in [0.2, 0.25) is 18.1 Å². The molecular weight excluding hydrogens is 367 g/mol. The number of alkyl halides is 5. The van der Waals surface area contributed by atoms with Gasteiger partial charge < -0.3 is 4.43 Å². The Hall–Kier alpha value is -0.593. The highest BCUT2D eigenvalue weighted by molar-refractivity contribution is 6.73. The maximum atomic E-state index is 13.7. The molecule has 26 heavy (non-hydrogen) atoms. The van der Waals surface area contributed by atoms with E-state index in [1.807, 2.05) is 20.8 Å². The summed E-state index contributed by atoms with van der Waals surface area (Å²) >= 11 is 0. The van der Waals surface area contributed by atoms with Crippen molar-refractivity contribution in [2.24, 2.45) is 11.3 Å². The highest BCUT2D eigenvalue weighted by Crippen LogP contribution is 2.63. The number of hydrogen-bond donors (Lipinski definition) is 0. The monoisotopic (exact) mass is 398 g/mol. The molecule has 0 bridgehead atoms. The first-order valence-corrected chi connectivity index (χ1v) is 12.4. The SMILES string of the molecule is CC[Si](CC)(CC)OC(=CCC1CCC(F)(F)CC1)C1(C(F)(F)F)CC1. The average molecular weight is 399 g/mol. The summed E-state index contributed by atoms with van der Waals surface area (Å²) in [6.45, 7) is 5.98. The van der Waals surface area contributed by atoms with Crippen LogP contribution in [0.15, 0.2) is 11.8 Å². The van der Waals surface area contributed by atoms with Gasteiger partial charge in [-0.2, -0.15) is 13.2 Å². The van der Waals surface area contributed by atoms with Gasteiger partial charge in [0.2, 0.25) is 14.2 Å². The Labute approximate surface area is 154 Å². The molecule has 0 amide bonds. The second kappa shape index (κ2) is 7.80. The van der Waals surface area contributed by atoms with E-state index in [4.69, 9.17) is 4.43 Å². The van der Waals surface area contributed by atoms with Crippen molar-refractivity contribution in [3.05, 3.63) is 11.8 Å². The Morgan fingerprint density at radius 3 is 1.88 bits per heavy atom. The molecule has 0 N–H and O–H groups in total. The maximum absolute atomic E-state index is 13.7. The topological polar surface area (TPSA) is 9.23 Å². The van der Waals surface area contributed by atoms with Crippen molar-refractivity contribution >= 4 is 8.32 Å². The minimum atomic E-state index is -4.31.